The molecule has 0 bridgehead atoms. The number of benzene rings is 1. The molecule has 7 heteroatoms. The molecule has 244 valence electrons. The fourth-order valence-corrected chi connectivity index (χ4v) is 6.18. The molecule has 0 saturated heterocycles. The van der Waals surface area contributed by atoms with Crippen molar-refractivity contribution in [3.63, 3.8) is 0 Å². The Kier molecular flexibility index (Phi) is 14.6. The predicted octanol–water partition coefficient (Wildman–Crippen LogP) is 6.75. The van der Waals surface area contributed by atoms with Crippen molar-refractivity contribution in [3.8, 4) is 0 Å². The zero-order valence-electron chi connectivity index (χ0n) is 28.4. The van der Waals surface area contributed by atoms with E-state index in [0.29, 0.717) is 11.5 Å². The highest BCUT2D eigenvalue weighted by Gasteiger charge is 2.33. The van der Waals surface area contributed by atoms with Gasteiger partial charge in [-0.2, -0.15) is 0 Å². The molecule has 1 aromatic carbocycles. The number of aliphatic hydroxyl groups excluding tert-OH is 1. The van der Waals surface area contributed by atoms with Crippen molar-refractivity contribution < 1.29 is 29.0 Å². The van der Waals surface area contributed by atoms with Crippen LogP contribution in [0, 0.1) is 29.6 Å². The van der Waals surface area contributed by atoms with E-state index in [-0.39, 0.29) is 36.0 Å². The third-order valence-corrected chi connectivity index (χ3v) is 8.78. The van der Waals surface area contributed by atoms with E-state index in [9.17, 15) is 19.5 Å². The number of carbonyl (C=O) groups excluding carboxylic acids is 3. The van der Waals surface area contributed by atoms with Gasteiger partial charge in [0.25, 0.3) is 0 Å². The van der Waals surface area contributed by atoms with Crippen LogP contribution >= 0.6 is 0 Å². The summed E-state index contributed by atoms with van der Waals surface area (Å²) in [5.74, 6) is -1.62. The first-order valence-corrected chi connectivity index (χ1v) is 16.1. The third-order valence-electron chi connectivity index (χ3n) is 8.78. The number of rotatable bonds is 7. The normalized spacial score (nSPS) is 31.5. The van der Waals surface area contributed by atoms with Crippen LogP contribution in [0.25, 0.3) is 0 Å². The lowest BCUT2D eigenvalue weighted by atomic mass is 9.84. The topological polar surface area (TPSA) is 102 Å². The first kappa shape index (κ1) is 37.0. The average Bonchev–Trinajstić information content (AvgIpc) is 2.96. The fourth-order valence-electron chi connectivity index (χ4n) is 6.18. The van der Waals surface area contributed by atoms with E-state index >= 15 is 0 Å². The van der Waals surface area contributed by atoms with Crippen LogP contribution in [0.3, 0.4) is 0 Å². The summed E-state index contributed by atoms with van der Waals surface area (Å²) in [7, 11) is 0. The van der Waals surface area contributed by atoms with Gasteiger partial charge in [-0.1, -0.05) is 96.5 Å². The van der Waals surface area contributed by atoms with Crippen molar-refractivity contribution in [3.05, 3.63) is 70.8 Å². The number of esters is 2. The second-order valence-corrected chi connectivity index (χ2v) is 13.1. The number of carbonyl (C=O) groups is 3. The van der Waals surface area contributed by atoms with Crippen molar-refractivity contribution in [2.75, 3.05) is 0 Å². The van der Waals surface area contributed by atoms with Crippen molar-refractivity contribution in [2.45, 2.75) is 113 Å². The maximum absolute atomic E-state index is 13.9. The van der Waals surface area contributed by atoms with Crippen LogP contribution in [-0.2, 0) is 30.3 Å². The second-order valence-electron chi connectivity index (χ2n) is 13.1. The number of ether oxygens (including phenoxy) is 2. The van der Waals surface area contributed by atoms with Crippen LogP contribution in [0.2, 0.25) is 0 Å². The van der Waals surface area contributed by atoms with Crippen molar-refractivity contribution in [2.24, 2.45) is 29.6 Å². The number of aliphatic hydroxyl groups is 1. The highest BCUT2D eigenvalue weighted by molar-refractivity contribution is 5.95. The number of nitrogens with one attached hydrogen (secondary N) is 1. The summed E-state index contributed by atoms with van der Waals surface area (Å²) < 4.78 is 12.1. The van der Waals surface area contributed by atoms with E-state index in [4.69, 9.17) is 9.47 Å². The Bertz CT molecular complexity index is 1200. The Balaban J connectivity index is 2.68. The van der Waals surface area contributed by atoms with E-state index in [0.717, 1.165) is 29.6 Å². The summed E-state index contributed by atoms with van der Waals surface area (Å²) in [5, 5.41) is 14.1. The Hall–Kier alpha value is -3.19. The van der Waals surface area contributed by atoms with Gasteiger partial charge < -0.3 is 19.9 Å². The van der Waals surface area contributed by atoms with Gasteiger partial charge in [0.1, 0.15) is 18.2 Å². The van der Waals surface area contributed by atoms with Crippen LogP contribution in [0.5, 0.6) is 0 Å². The molecule has 1 heterocycles. The lowest BCUT2D eigenvalue weighted by Gasteiger charge is -2.32. The first-order valence-electron chi connectivity index (χ1n) is 16.1. The number of cyclic esters (lactones) is 1. The SMILES string of the molecule is CC[C@H](C)C[C@H](C)[C@H]1OC(=O)[C@H](Cc2ccccc2)NC(=O)/C(C)=C/[C@H](C)[C@@H](O)/C(C)=C/[C@H](C)[C@H](OC(C)=O)C(C)=C[C@@H]1C. The third kappa shape index (κ3) is 11.1. The van der Waals surface area contributed by atoms with E-state index < -0.39 is 36.3 Å². The van der Waals surface area contributed by atoms with E-state index in [2.05, 4.69) is 26.1 Å². The zero-order valence-corrected chi connectivity index (χ0v) is 28.4. The second kappa shape index (κ2) is 17.3. The molecular weight excluding hydrogens is 554 g/mol. The highest BCUT2D eigenvalue weighted by atomic mass is 16.5. The van der Waals surface area contributed by atoms with Crippen LogP contribution in [0.1, 0.15) is 87.6 Å². The highest BCUT2D eigenvalue weighted by Crippen LogP contribution is 2.30. The van der Waals surface area contributed by atoms with E-state index in [1.807, 2.05) is 77.1 Å². The minimum atomic E-state index is -0.907. The molecule has 44 heavy (non-hydrogen) atoms. The number of hydrogen-bond donors (Lipinski definition) is 2. The lowest BCUT2D eigenvalue weighted by Crippen LogP contribution is -2.46. The minimum absolute atomic E-state index is 0.0347. The van der Waals surface area contributed by atoms with Crippen LogP contribution < -0.4 is 5.32 Å². The molecule has 0 spiro atoms. The Morgan fingerprint density at radius 1 is 0.955 bits per heavy atom. The molecule has 7 nitrogen and oxygen atoms in total. The molecule has 1 aliphatic heterocycles. The molecule has 1 aliphatic rings. The van der Waals surface area contributed by atoms with Gasteiger partial charge in [0.05, 0.1) is 6.10 Å². The lowest BCUT2D eigenvalue weighted by molar-refractivity contribution is -0.157. The van der Waals surface area contributed by atoms with E-state index in [1.54, 1.807) is 13.0 Å². The molecule has 1 amide bonds. The molecule has 2 rings (SSSR count). The maximum atomic E-state index is 13.9. The molecule has 9 atom stereocenters. The van der Waals surface area contributed by atoms with Gasteiger partial charge >= 0.3 is 11.9 Å². The van der Waals surface area contributed by atoms with Gasteiger partial charge in [-0.15, -0.1) is 0 Å². The average molecular weight is 610 g/mol. The maximum Gasteiger partial charge on any atom is 0.329 e. The molecule has 2 N–H and O–H groups in total. The molecule has 0 aliphatic carbocycles. The van der Waals surface area contributed by atoms with Gasteiger partial charge in [-0.25, -0.2) is 4.79 Å². The summed E-state index contributed by atoms with van der Waals surface area (Å²) in [6.45, 7) is 19.1. The minimum Gasteiger partial charge on any atom is -0.460 e. The van der Waals surface area contributed by atoms with Gasteiger partial charge in [0.2, 0.25) is 5.91 Å². The van der Waals surface area contributed by atoms with Crippen molar-refractivity contribution in [1.82, 2.24) is 5.32 Å². The van der Waals surface area contributed by atoms with Crippen molar-refractivity contribution >= 4 is 17.8 Å². The molecule has 0 fully saturated rings. The largest absolute Gasteiger partial charge is 0.460 e. The Labute approximate surface area is 265 Å². The van der Waals surface area contributed by atoms with Gasteiger partial charge in [0, 0.05) is 36.7 Å². The summed E-state index contributed by atoms with van der Waals surface area (Å²) >= 11 is 0. The van der Waals surface area contributed by atoms with Gasteiger partial charge in [-0.05, 0) is 55.7 Å². The molecule has 0 aromatic heterocycles. The van der Waals surface area contributed by atoms with Crippen molar-refractivity contribution in [1.29, 1.82) is 0 Å². The molecular formula is C37H55NO6. The molecule has 0 saturated carbocycles. The molecule has 0 unspecified atom stereocenters. The summed E-state index contributed by atoms with van der Waals surface area (Å²) in [4.78, 5) is 39.5. The predicted molar refractivity (Wildman–Crippen MR) is 176 cm³/mol. The monoisotopic (exact) mass is 609 g/mol. The number of amides is 1. The molecule has 1 aromatic rings. The summed E-state index contributed by atoms with van der Waals surface area (Å²) in [6.07, 6.45) is 5.95. The summed E-state index contributed by atoms with van der Waals surface area (Å²) in [5.41, 5.74) is 2.87. The first-order chi connectivity index (χ1) is 20.6. The van der Waals surface area contributed by atoms with Crippen LogP contribution in [0.4, 0.5) is 0 Å². The fraction of sp³-hybridized carbons (Fsp3) is 0.595. The van der Waals surface area contributed by atoms with Gasteiger partial charge in [0.15, 0.2) is 0 Å². The van der Waals surface area contributed by atoms with Crippen LogP contribution in [0.15, 0.2) is 65.3 Å². The molecule has 0 radical (unpaired) electrons. The summed E-state index contributed by atoms with van der Waals surface area (Å²) in [6, 6.07) is 8.65. The van der Waals surface area contributed by atoms with Gasteiger partial charge in [-0.3, -0.25) is 9.59 Å². The smallest absolute Gasteiger partial charge is 0.329 e. The number of hydrogen-bond acceptors (Lipinski definition) is 6. The van der Waals surface area contributed by atoms with Crippen LogP contribution in [-0.4, -0.2) is 47.3 Å². The standard InChI is InChI=1S/C37H55NO6/c1-11-22(2)17-25(5)35-28(8)20-27(7)34(43-30(10)39)26(6)18-23(3)33(40)24(4)19-29(9)36(41)38-32(37(42)44-35)21-31-15-13-12-14-16-31/h12-16,18-20,22,24-26,28,32-35,40H,11,17,21H2,1-10H3,(H,38,41)/b23-18+,27-20?,29-19+/t22-,24-,25-,26-,28-,32-,33-,34-,35+/m0/s1. The quantitative estimate of drug-likeness (QED) is 0.262. The zero-order chi connectivity index (χ0) is 33.1. The Morgan fingerprint density at radius 3 is 2.16 bits per heavy atom. The Morgan fingerprint density at radius 2 is 1.57 bits per heavy atom. The van der Waals surface area contributed by atoms with E-state index in [1.165, 1.54) is 6.92 Å².